The minimum absolute atomic E-state index is 0.0520. The molecule has 0 fully saturated rings. The zero-order valence-corrected chi connectivity index (χ0v) is 17.6. The van der Waals surface area contributed by atoms with Crippen LogP contribution in [0.15, 0.2) is 66.9 Å². The molecule has 4 rings (SSSR count). The average Bonchev–Trinajstić information content (AvgIpc) is 3.23. The van der Waals surface area contributed by atoms with E-state index >= 15 is 0 Å². The minimum atomic E-state index is -0.0520. The van der Waals surface area contributed by atoms with E-state index in [4.69, 9.17) is 14.5 Å². The smallest absolute Gasteiger partial charge is 0.233 e. The second-order valence-electron chi connectivity index (χ2n) is 6.61. The van der Waals surface area contributed by atoms with E-state index in [0.717, 1.165) is 16.0 Å². The molecule has 0 saturated carbocycles. The molecule has 2 aromatic carbocycles. The number of benzene rings is 2. The Balaban J connectivity index is 1.76. The summed E-state index contributed by atoms with van der Waals surface area (Å²) in [5.41, 5.74) is 2.41. The first-order valence-corrected chi connectivity index (χ1v) is 10.3. The van der Waals surface area contributed by atoms with Crippen LogP contribution in [0.1, 0.15) is 11.3 Å². The molecule has 0 bridgehead atoms. The van der Waals surface area contributed by atoms with Gasteiger partial charge in [-0.2, -0.15) is 0 Å². The van der Waals surface area contributed by atoms with Gasteiger partial charge in [-0.1, -0.05) is 47.7 Å². The predicted octanol–water partition coefficient (Wildman–Crippen LogP) is 4.48. The lowest BCUT2D eigenvalue weighted by Crippen LogP contribution is -2.32. The number of hydrogen-bond donors (Lipinski definition) is 0. The van der Waals surface area contributed by atoms with Crippen molar-refractivity contribution in [1.29, 1.82) is 0 Å². The molecule has 4 aromatic rings. The van der Waals surface area contributed by atoms with Gasteiger partial charge in [0, 0.05) is 6.20 Å². The van der Waals surface area contributed by atoms with Gasteiger partial charge in [-0.3, -0.25) is 14.7 Å². The van der Waals surface area contributed by atoms with Crippen molar-refractivity contribution >= 4 is 32.6 Å². The van der Waals surface area contributed by atoms with Crippen LogP contribution >= 0.6 is 11.3 Å². The third kappa shape index (κ3) is 4.11. The van der Waals surface area contributed by atoms with E-state index in [2.05, 4.69) is 4.98 Å². The van der Waals surface area contributed by atoms with Crippen molar-refractivity contribution in [2.24, 2.45) is 0 Å². The number of ether oxygens (including phenoxy) is 2. The largest absolute Gasteiger partial charge is 0.495 e. The second-order valence-corrected chi connectivity index (χ2v) is 7.59. The summed E-state index contributed by atoms with van der Waals surface area (Å²) in [5, 5.41) is 0.583. The van der Waals surface area contributed by atoms with E-state index in [0.29, 0.717) is 28.7 Å². The number of pyridine rings is 1. The maximum absolute atomic E-state index is 13.3. The third-order valence-corrected chi connectivity index (χ3v) is 5.77. The Labute approximate surface area is 178 Å². The molecule has 6 nitrogen and oxygen atoms in total. The zero-order valence-electron chi connectivity index (χ0n) is 16.7. The number of aromatic nitrogens is 2. The Hall–Kier alpha value is -3.45. The van der Waals surface area contributed by atoms with Crippen LogP contribution in [0.3, 0.4) is 0 Å². The van der Waals surface area contributed by atoms with Crippen molar-refractivity contribution in [3.63, 3.8) is 0 Å². The van der Waals surface area contributed by atoms with Crippen LogP contribution < -0.4 is 14.4 Å². The van der Waals surface area contributed by atoms with E-state index < -0.39 is 0 Å². The molecule has 0 aliphatic heterocycles. The summed E-state index contributed by atoms with van der Waals surface area (Å²) < 4.78 is 11.8. The van der Waals surface area contributed by atoms with Crippen LogP contribution in [-0.4, -0.2) is 30.1 Å². The van der Waals surface area contributed by atoms with Crippen molar-refractivity contribution in [2.75, 3.05) is 19.1 Å². The molecule has 0 aliphatic carbocycles. The molecule has 7 heteroatoms. The number of hydrogen-bond acceptors (Lipinski definition) is 6. The maximum atomic E-state index is 13.3. The lowest BCUT2D eigenvalue weighted by atomic mass is 10.1. The number of fused-ring (bicyclic) bond motifs is 1. The van der Waals surface area contributed by atoms with Crippen LogP contribution in [0, 0.1) is 0 Å². The molecule has 2 heterocycles. The minimum Gasteiger partial charge on any atom is -0.495 e. The number of nitrogens with zero attached hydrogens (tertiary/aromatic N) is 3. The van der Waals surface area contributed by atoms with Crippen LogP contribution in [0.5, 0.6) is 11.5 Å². The average molecular weight is 420 g/mol. The SMILES string of the molecule is COc1ccc(OC)c2sc(N(Cc3ccccn3)C(=O)Cc3ccccc3)nc12. The Morgan fingerprint density at radius 2 is 1.70 bits per heavy atom. The summed E-state index contributed by atoms with van der Waals surface area (Å²) >= 11 is 1.41. The van der Waals surface area contributed by atoms with Crippen molar-refractivity contribution in [1.82, 2.24) is 9.97 Å². The lowest BCUT2D eigenvalue weighted by molar-refractivity contribution is -0.118. The first-order valence-electron chi connectivity index (χ1n) is 9.45. The highest BCUT2D eigenvalue weighted by Gasteiger charge is 2.23. The molecule has 0 radical (unpaired) electrons. The topological polar surface area (TPSA) is 64.6 Å². The maximum Gasteiger partial charge on any atom is 0.233 e. The number of carbonyl (C=O) groups excluding carboxylic acids is 1. The van der Waals surface area contributed by atoms with Crippen LogP contribution in [-0.2, 0) is 17.8 Å². The number of carbonyl (C=O) groups is 1. The highest BCUT2D eigenvalue weighted by atomic mass is 32.1. The fourth-order valence-corrected chi connectivity index (χ4v) is 4.26. The van der Waals surface area contributed by atoms with Gasteiger partial charge < -0.3 is 9.47 Å². The monoisotopic (exact) mass is 419 g/mol. The molecule has 0 spiro atoms. The summed E-state index contributed by atoms with van der Waals surface area (Å²) in [7, 11) is 3.22. The molecule has 0 N–H and O–H groups in total. The normalized spacial score (nSPS) is 10.7. The first-order chi connectivity index (χ1) is 14.7. The van der Waals surface area contributed by atoms with Gasteiger partial charge in [0.15, 0.2) is 5.13 Å². The van der Waals surface area contributed by atoms with Gasteiger partial charge in [-0.15, -0.1) is 0 Å². The molecule has 2 aromatic heterocycles. The summed E-state index contributed by atoms with van der Waals surface area (Å²) in [6.07, 6.45) is 2.00. The molecule has 0 saturated heterocycles. The van der Waals surface area contributed by atoms with Gasteiger partial charge in [0.2, 0.25) is 5.91 Å². The van der Waals surface area contributed by atoms with Gasteiger partial charge in [0.05, 0.1) is 32.9 Å². The summed E-state index contributed by atoms with van der Waals surface area (Å²) in [6.45, 7) is 0.330. The number of thiazole rings is 1. The quantitative estimate of drug-likeness (QED) is 0.442. The molecule has 1 amide bonds. The molecule has 30 heavy (non-hydrogen) atoms. The van der Waals surface area contributed by atoms with E-state index in [1.807, 2.05) is 60.7 Å². The van der Waals surface area contributed by atoms with Gasteiger partial charge >= 0.3 is 0 Å². The van der Waals surface area contributed by atoms with Crippen LogP contribution in [0.4, 0.5) is 5.13 Å². The van der Waals surface area contributed by atoms with Crippen molar-refractivity contribution in [3.8, 4) is 11.5 Å². The molecule has 0 aliphatic rings. The van der Waals surface area contributed by atoms with E-state index in [9.17, 15) is 4.79 Å². The predicted molar refractivity (Wildman–Crippen MR) is 118 cm³/mol. The number of rotatable bonds is 7. The third-order valence-electron chi connectivity index (χ3n) is 4.68. The number of anilines is 1. The van der Waals surface area contributed by atoms with Gasteiger partial charge in [-0.05, 0) is 29.8 Å². The Morgan fingerprint density at radius 1 is 0.967 bits per heavy atom. The summed E-state index contributed by atoms with van der Waals surface area (Å²) in [6, 6.07) is 19.0. The molecule has 152 valence electrons. The Morgan fingerprint density at radius 3 is 2.40 bits per heavy atom. The molecular weight excluding hydrogens is 398 g/mol. The summed E-state index contributed by atoms with van der Waals surface area (Å²) in [4.78, 5) is 24.1. The van der Waals surface area contributed by atoms with Crippen LogP contribution in [0.25, 0.3) is 10.2 Å². The highest BCUT2D eigenvalue weighted by molar-refractivity contribution is 7.22. The van der Waals surface area contributed by atoms with E-state index in [1.165, 1.54) is 11.3 Å². The fourth-order valence-electron chi connectivity index (χ4n) is 3.17. The standard InChI is InChI=1S/C23H21N3O3S/c1-28-18-11-12-19(29-2)22-21(18)25-23(30-22)26(15-17-10-6-7-13-24-17)20(27)14-16-8-4-3-5-9-16/h3-13H,14-15H2,1-2H3. The van der Waals surface area contributed by atoms with Gasteiger partial charge in [0.1, 0.15) is 21.7 Å². The van der Waals surface area contributed by atoms with Crippen molar-refractivity contribution < 1.29 is 14.3 Å². The van der Waals surface area contributed by atoms with E-state index in [-0.39, 0.29) is 12.3 Å². The van der Waals surface area contributed by atoms with Crippen LogP contribution in [0.2, 0.25) is 0 Å². The fraction of sp³-hybridized carbons (Fsp3) is 0.174. The Kier molecular flexibility index (Phi) is 5.90. The van der Waals surface area contributed by atoms with Crippen molar-refractivity contribution in [2.45, 2.75) is 13.0 Å². The summed E-state index contributed by atoms with van der Waals surface area (Å²) in [5.74, 6) is 1.29. The Bertz CT molecular complexity index is 1110. The molecular formula is C23H21N3O3S. The lowest BCUT2D eigenvalue weighted by Gasteiger charge is -2.19. The second kappa shape index (κ2) is 8.92. The van der Waals surface area contributed by atoms with E-state index in [1.54, 1.807) is 25.3 Å². The number of amides is 1. The zero-order chi connectivity index (χ0) is 20.9. The molecule has 0 atom stereocenters. The highest BCUT2D eigenvalue weighted by Crippen LogP contribution is 2.40. The number of methoxy groups -OCH3 is 2. The van der Waals surface area contributed by atoms with Gasteiger partial charge in [0.25, 0.3) is 0 Å². The molecule has 0 unspecified atom stereocenters. The van der Waals surface area contributed by atoms with Crippen molar-refractivity contribution in [3.05, 3.63) is 78.1 Å². The first kappa shape index (κ1) is 19.8. The van der Waals surface area contributed by atoms with Gasteiger partial charge in [-0.25, -0.2) is 4.98 Å².